The summed E-state index contributed by atoms with van der Waals surface area (Å²) in [5.74, 6) is 2.97. The van der Waals surface area contributed by atoms with Crippen LogP contribution in [0.25, 0.3) is 6.08 Å². The molecule has 0 fully saturated rings. The Balaban J connectivity index is 2.03. The van der Waals surface area contributed by atoms with Crippen molar-refractivity contribution in [3.05, 3.63) is 89.6 Å². The van der Waals surface area contributed by atoms with Gasteiger partial charge in [0, 0.05) is 16.1 Å². The molecule has 3 aromatic rings. The fraction of sp³-hybridized carbons (Fsp3) is 0.276. The Labute approximate surface area is 229 Å². The van der Waals surface area contributed by atoms with Crippen molar-refractivity contribution in [1.29, 1.82) is 0 Å². The number of carbonyl (C=O) groups is 1. The number of esters is 1. The van der Waals surface area contributed by atoms with E-state index in [4.69, 9.17) is 37.2 Å². The SMILES string of the molecule is C#CCOc1ccccc1/C=c1/sc2n(c1=O)[C@@H](c1cc(Cl)ccc1OC)C(C(=O)OCC)=C(CCC)N=2. The summed E-state index contributed by atoms with van der Waals surface area (Å²) in [6, 6.07) is 11.6. The number of allylic oxidation sites excluding steroid dienone is 1. The molecular weight excluding hydrogens is 524 g/mol. The Kier molecular flexibility index (Phi) is 8.72. The van der Waals surface area contributed by atoms with Crippen molar-refractivity contribution in [1.82, 2.24) is 4.57 Å². The van der Waals surface area contributed by atoms with E-state index < -0.39 is 12.0 Å². The third-order valence-corrected chi connectivity index (χ3v) is 7.11. The molecule has 0 amide bonds. The van der Waals surface area contributed by atoms with Crippen LogP contribution in [-0.4, -0.2) is 30.9 Å². The maximum atomic E-state index is 14.0. The molecule has 196 valence electrons. The number of hydrogen-bond acceptors (Lipinski definition) is 7. The molecule has 1 aliphatic rings. The summed E-state index contributed by atoms with van der Waals surface area (Å²) in [6.07, 6.45) is 8.38. The molecule has 0 aliphatic carbocycles. The molecule has 2 heterocycles. The first-order chi connectivity index (χ1) is 18.4. The van der Waals surface area contributed by atoms with Gasteiger partial charge in [-0.2, -0.15) is 0 Å². The van der Waals surface area contributed by atoms with E-state index in [1.807, 2.05) is 25.1 Å². The molecule has 4 rings (SSSR count). The minimum absolute atomic E-state index is 0.101. The van der Waals surface area contributed by atoms with Gasteiger partial charge in [0.2, 0.25) is 0 Å². The van der Waals surface area contributed by atoms with Gasteiger partial charge in [-0.25, -0.2) is 9.79 Å². The Bertz CT molecular complexity index is 1610. The number of hydrogen-bond donors (Lipinski definition) is 0. The van der Waals surface area contributed by atoms with Crippen molar-refractivity contribution in [3.63, 3.8) is 0 Å². The van der Waals surface area contributed by atoms with Gasteiger partial charge in [-0.15, -0.1) is 6.42 Å². The maximum absolute atomic E-state index is 14.0. The third-order valence-electron chi connectivity index (χ3n) is 5.90. The fourth-order valence-electron chi connectivity index (χ4n) is 4.33. The lowest BCUT2D eigenvalue weighted by Gasteiger charge is -2.27. The minimum Gasteiger partial charge on any atom is -0.496 e. The van der Waals surface area contributed by atoms with E-state index in [9.17, 15) is 9.59 Å². The highest BCUT2D eigenvalue weighted by molar-refractivity contribution is 7.07. The van der Waals surface area contributed by atoms with E-state index >= 15 is 0 Å². The van der Waals surface area contributed by atoms with Crippen LogP contribution < -0.4 is 24.4 Å². The number of rotatable bonds is 9. The van der Waals surface area contributed by atoms with Crippen LogP contribution in [0.3, 0.4) is 0 Å². The van der Waals surface area contributed by atoms with E-state index in [2.05, 4.69) is 5.92 Å². The summed E-state index contributed by atoms with van der Waals surface area (Å²) < 4.78 is 18.7. The van der Waals surface area contributed by atoms with Gasteiger partial charge >= 0.3 is 5.97 Å². The van der Waals surface area contributed by atoms with Crippen LogP contribution in [-0.2, 0) is 9.53 Å². The lowest BCUT2D eigenvalue weighted by Crippen LogP contribution is -2.40. The van der Waals surface area contributed by atoms with Gasteiger partial charge in [-0.3, -0.25) is 9.36 Å². The number of carbonyl (C=O) groups excluding carboxylic acids is 1. The van der Waals surface area contributed by atoms with Gasteiger partial charge in [-0.05, 0) is 43.7 Å². The highest BCUT2D eigenvalue weighted by Gasteiger charge is 2.36. The van der Waals surface area contributed by atoms with E-state index in [1.165, 1.54) is 23.0 Å². The van der Waals surface area contributed by atoms with Crippen LogP contribution in [0.5, 0.6) is 11.5 Å². The van der Waals surface area contributed by atoms with Gasteiger partial charge in [0.1, 0.15) is 24.1 Å². The van der Waals surface area contributed by atoms with Crippen LogP contribution in [0.1, 0.15) is 43.9 Å². The Morgan fingerprint density at radius 2 is 2.03 bits per heavy atom. The summed E-state index contributed by atoms with van der Waals surface area (Å²) in [4.78, 5) is 32.6. The number of ether oxygens (including phenoxy) is 3. The number of aromatic nitrogens is 1. The number of fused-ring (bicyclic) bond motifs is 1. The number of benzene rings is 2. The van der Waals surface area contributed by atoms with Crippen LogP contribution in [0.2, 0.25) is 5.02 Å². The second kappa shape index (κ2) is 12.2. The first-order valence-corrected chi connectivity index (χ1v) is 13.3. The predicted molar refractivity (Wildman–Crippen MR) is 148 cm³/mol. The second-order valence-electron chi connectivity index (χ2n) is 8.33. The zero-order chi connectivity index (χ0) is 27.2. The van der Waals surface area contributed by atoms with Gasteiger partial charge < -0.3 is 14.2 Å². The van der Waals surface area contributed by atoms with Crippen LogP contribution in [0.15, 0.2) is 63.5 Å². The molecule has 0 saturated heterocycles. The van der Waals surface area contributed by atoms with Crippen molar-refractivity contribution < 1.29 is 19.0 Å². The molecule has 0 unspecified atom stereocenters. The molecule has 1 aromatic heterocycles. The third kappa shape index (κ3) is 5.40. The first-order valence-electron chi connectivity index (χ1n) is 12.1. The van der Waals surface area contributed by atoms with E-state index in [0.717, 1.165) is 6.42 Å². The standard InChI is InChI=1S/C29H27ClN2O5S/c1-5-10-21-25(28(34)36-7-3)26(20-17-19(30)13-14-23(20)35-4)32-27(33)24(38-29(32)31-21)16-18-11-8-9-12-22(18)37-15-6-2/h2,8-9,11-14,16-17,26H,5,7,10,15H2,1,3-4H3/b24-16+/t26-/m0/s1. The van der Waals surface area contributed by atoms with E-state index in [-0.39, 0.29) is 18.8 Å². The molecule has 1 aliphatic heterocycles. The predicted octanol–water partition coefficient (Wildman–Crippen LogP) is 4.25. The van der Waals surface area contributed by atoms with Gasteiger partial charge in [0.25, 0.3) is 5.56 Å². The molecule has 0 bridgehead atoms. The fourth-order valence-corrected chi connectivity index (χ4v) is 5.52. The zero-order valence-corrected chi connectivity index (χ0v) is 22.9. The molecule has 0 saturated carbocycles. The quantitative estimate of drug-likeness (QED) is 0.294. The highest BCUT2D eigenvalue weighted by Crippen LogP contribution is 2.38. The summed E-state index contributed by atoms with van der Waals surface area (Å²) in [7, 11) is 1.53. The Morgan fingerprint density at radius 1 is 1.24 bits per heavy atom. The number of terminal acetylenes is 1. The Hall–Kier alpha value is -3.80. The molecule has 0 N–H and O–H groups in total. The van der Waals surface area contributed by atoms with Gasteiger partial charge in [-0.1, -0.05) is 60.4 Å². The second-order valence-corrected chi connectivity index (χ2v) is 9.78. The van der Waals surface area contributed by atoms with Crippen molar-refractivity contribution >= 4 is 35.0 Å². The van der Waals surface area contributed by atoms with Crippen LogP contribution in [0, 0.1) is 12.3 Å². The van der Waals surface area contributed by atoms with Crippen LogP contribution >= 0.6 is 22.9 Å². The number of para-hydroxylation sites is 1. The van der Waals surface area contributed by atoms with Crippen molar-refractivity contribution in [2.24, 2.45) is 4.99 Å². The molecule has 7 nitrogen and oxygen atoms in total. The summed E-state index contributed by atoms with van der Waals surface area (Å²) in [5.41, 5.74) is 1.82. The van der Waals surface area contributed by atoms with E-state index in [1.54, 1.807) is 37.3 Å². The molecule has 38 heavy (non-hydrogen) atoms. The monoisotopic (exact) mass is 550 g/mol. The lowest BCUT2D eigenvalue weighted by atomic mass is 9.93. The average molecular weight is 551 g/mol. The largest absolute Gasteiger partial charge is 0.496 e. The smallest absolute Gasteiger partial charge is 0.338 e. The van der Waals surface area contributed by atoms with E-state index in [0.29, 0.717) is 54.7 Å². The molecule has 2 aromatic carbocycles. The lowest BCUT2D eigenvalue weighted by molar-refractivity contribution is -0.139. The summed E-state index contributed by atoms with van der Waals surface area (Å²) >= 11 is 7.62. The molecule has 0 spiro atoms. The van der Waals surface area contributed by atoms with Gasteiger partial charge in [0.05, 0.1) is 29.5 Å². The summed E-state index contributed by atoms with van der Waals surface area (Å²) in [6.45, 7) is 4.02. The molecule has 0 radical (unpaired) electrons. The number of methoxy groups -OCH3 is 1. The number of halogens is 1. The molecule has 1 atom stereocenters. The highest BCUT2D eigenvalue weighted by atomic mass is 35.5. The van der Waals surface area contributed by atoms with Crippen molar-refractivity contribution in [2.75, 3.05) is 20.3 Å². The maximum Gasteiger partial charge on any atom is 0.338 e. The number of nitrogens with zero attached hydrogens (tertiary/aromatic N) is 2. The zero-order valence-electron chi connectivity index (χ0n) is 21.3. The first kappa shape index (κ1) is 27.2. The number of thiazole rings is 1. The average Bonchev–Trinajstić information content (AvgIpc) is 3.22. The molecule has 9 heteroatoms. The van der Waals surface area contributed by atoms with Crippen LogP contribution in [0.4, 0.5) is 0 Å². The summed E-state index contributed by atoms with van der Waals surface area (Å²) in [5, 5.41) is 0.444. The van der Waals surface area contributed by atoms with Crippen molar-refractivity contribution in [3.8, 4) is 23.8 Å². The normalized spacial score (nSPS) is 14.9. The topological polar surface area (TPSA) is 79.1 Å². The van der Waals surface area contributed by atoms with Crippen molar-refractivity contribution in [2.45, 2.75) is 32.7 Å². The minimum atomic E-state index is -0.837. The Morgan fingerprint density at radius 3 is 2.74 bits per heavy atom. The van der Waals surface area contributed by atoms with Gasteiger partial charge in [0.15, 0.2) is 4.80 Å². The molecular formula is C29H27ClN2O5S.